The smallest absolute Gasteiger partial charge is 0.254 e. The number of halogens is 1. The van der Waals surface area contributed by atoms with Crippen LogP contribution in [-0.4, -0.2) is 42.4 Å². The van der Waals surface area contributed by atoms with Crippen LogP contribution in [0.4, 0.5) is 5.69 Å². The third kappa shape index (κ3) is 5.72. The van der Waals surface area contributed by atoms with E-state index >= 15 is 0 Å². The number of hydrogen-bond donors (Lipinski definition) is 2. The van der Waals surface area contributed by atoms with Crippen molar-refractivity contribution < 1.29 is 9.59 Å². The molecule has 1 aliphatic heterocycles. The number of hydrogen-bond acceptors (Lipinski definition) is 3. The first-order valence-electron chi connectivity index (χ1n) is 9.05. The molecule has 2 N–H and O–H groups in total. The molecule has 2 amide bonds. The molecule has 1 aromatic rings. The first-order chi connectivity index (χ1) is 11.6. The number of carbonyl (C=O) groups is 2. The summed E-state index contributed by atoms with van der Waals surface area (Å²) in [6.45, 7) is 4.21. The van der Waals surface area contributed by atoms with Crippen LogP contribution < -0.4 is 10.6 Å². The van der Waals surface area contributed by atoms with Gasteiger partial charge in [-0.25, -0.2) is 0 Å². The van der Waals surface area contributed by atoms with Crippen LogP contribution in [0.1, 0.15) is 49.4 Å². The Morgan fingerprint density at radius 1 is 1.12 bits per heavy atom. The fraction of sp³-hybridized carbons (Fsp3) is 0.579. The second-order valence-electron chi connectivity index (χ2n) is 7.04. The van der Waals surface area contributed by atoms with Crippen LogP contribution in [0.5, 0.6) is 0 Å². The third-order valence-electron chi connectivity index (χ3n) is 4.89. The average molecular weight is 366 g/mol. The minimum Gasteiger partial charge on any atom is -0.336 e. The van der Waals surface area contributed by atoms with Crippen molar-refractivity contribution in [1.82, 2.24) is 10.2 Å². The lowest BCUT2D eigenvalue weighted by atomic mass is 10.0. The molecule has 0 spiro atoms. The Morgan fingerprint density at radius 2 is 1.84 bits per heavy atom. The first kappa shape index (κ1) is 19.7. The molecule has 1 saturated heterocycles. The Kier molecular flexibility index (Phi) is 7.26. The maximum absolute atomic E-state index is 12.6. The summed E-state index contributed by atoms with van der Waals surface area (Å²) >= 11 is 0. The summed E-state index contributed by atoms with van der Waals surface area (Å²) in [5.74, 6) is 0.811. The molecule has 2 aliphatic rings. The van der Waals surface area contributed by atoms with E-state index in [2.05, 4.69) is 17.6 Å². The van der Waals surface area contributed by atoms with Gasteiger partial charge in [0.1, 0.15) is 0 Å². The van der Waals surface area contributed by atoms with Crippen molar-refractivity contribution in [2.75, 3.05) is 25.0 Å². The molecule has 138 valence electrons. The van der Waals surface area contributed by atoms with Gasteiger partial charge in [0.25, 0.3) is 5.91 Å². The Hall–Kier alpha value is -1.59. The van der Waals surface area contributed by atoms with Crippen molar-refractivity contribution >= 4 is 29.9 Å². The predicted molar refractivity (Wildman–Crippen MR) is 102 cm³/mol. The molecule has 1 aromatic carbocycles. The molecule has 1 atom stereocenters. The van der Waals surface area contributed by atoms with Gasteiger partial charge in [0, 0.05) is 23.8 Å². The Morgan fingerprint density at radius 3 is 2.48 bits per heavy atom. The highest BCUT2D eigenvalue weighted by molar-refractivity contribution is 5.96. The fourth-order valence-electron chi connectivity index (χ4n) is 3.18. The van der Waals surface area contributed by atoms with E-state index in [1.807, 2.05) is 4.90 Å². The summed E-state index contributed by atoms with van der Waals surface area (Å²) in [4.78, 5) is 26.4. The molecule has 0 aromatic heterocycles. The molecule has 1 unspecified atom stereocenters. The SMILES string of the molecule is CC1CCCCN1C(=O)c1ccc(NC(=O)CNCC2CC2)cc1.Cl. The molecule has 3 rings (SSSR count). The van der Waals surface area contributed by atoms with Crippen LogP contribution in [0.15, 0.2) is 24.3 Å². The molecule has 1 aliphatic carbocycles. The Balaban J connectivity index is 0.00000225. The van der Waals surface area contributed by atoms with Gasteiger partial charge in [0.2, 0.25) is 5.91 Å². The fourth-order valence-corrected chi connectivity index (χ4v) is 3.18. The summed E-state index contributed by atoms with van der Waals surface area (Å²) < 4.78 is 0. The number of amides is 2. The van der Waals surface area contributed by atoms with Crippen molar-refractivity contribution in [2.24, 2.45) is 5.92 Å². The second-order valence-corrected chi connectivity index (χ2v) is 7.04. The largest absolute Gasteiger partial charge is 0.336 e. The average Bonchev–Trinajstić information content (AvgIpc) is 3.40. The molecular formula is C19H28ClN3O2. The Bertz CT molecular complexity index is 587. The van der Waals surface area contributed by atoms with E-state index in [1.54, 1.807) is 24.3 Å². The number of piperidine rings is 1. The Labute approximate surface area is 155 Å². The van der Waals surface area contributed by atoms with Gasteiger partial charge in [-0.15, -0.1) is 12.4 Å². The lowest BCUT2D eigenvalue weighted by Gasteiger charge is -2.33. The van der Waals surface area contributed by atoms with Gasteiger partial charge in [-0.3, -0.25) is 9.59 Å². The first-order valence-corrected chi connectivity index (χ1v) is 9.05. The molecule has 6 heteroatoms. The highest BCUT2D eigenvalue weighted by atomic mass is 35.5. The third-order valence-corrected chi connectivity index (χ3v) is 4.89. The minimum absolute atomic E-state index is 0. The molecular weight excluding hydrogens is 338 g/mol. The summed E-state index contributed by atoms with van der Waals surface area (Å²) in [5.41, 5.74) is 1.42. The summed E-state index contributed by atoms with van der Waals surface area (Å²) in [7, 11) is 0. The highest BCUT2D eigenvalue weighted by Crippen LogP contribution is 2.27. The number of likely N-dealkylation sites (tertiary alicyclic amines) is 1. The zero-order valence-corrected chi connectivity index (χ0v) is 15.6. The van der Waals surface area contributed by atoms with Crippen molar-refractivity contribution in [1.29, 1.82) is 0 Å². The zero-order valence-electron chi connectivity index (χ0n) is 14.8. The highest BCUT2D eigenvalue weighted by Gasteiger charge is 2.24. The number of anilines is 1. The van der Waals surface area contributed by atoms with Crippen LogP contribution >= 0.6 is 12.4 Å². The quantitative estimate of drug-likeness (QED) is 0.814. The van der Waals surface area contributed by atoms with E-state index in [9.17, 15) is 9.59 Å². The van der Waals surface area contributed by atoms with E-state index < -0.39 is 0 Å². The monoisotopic (exact) mass is 365 g/mol. The van der Waals surface area contributed by atoms with Gasteiger partial charge in [-0.2, -0.15) is 0 Å². The van der Waals surface area contributed by atoms with Crippen molar-refractivity contribution in [3.63, 3.8) is 0 Å². The number of nitrogens with zero attached hydrogens (tertiary/aromatic N) is 1. The maximum Gasteiger partial charge on any atom is 0.254 e. The molecule has 2 fully saturated rings. The van der Waals surface area contributed by atoms with Crippen LogP contribution in [0.3, 0.4) is 0 Å². The van der Waals surface area contributed by atoms with Crippen molar-refractivity contribution in [3.05, 3.63) is 29.8 Å². The molecule has 0 radical (unpaired) electrons. The molecule has 5 nitrogen and oxygen atoms in total. The maximum atomic E-state index is 12.6. The van der Waals surface area contributed by atoms with E-state index in [0.29, 0.717) is 18.2 Å². The number of carbonyl (C=O) groups excluding carboxylic acids is 2. The molecule has 1 saturated carbocycles. The van der Waals surface area contributed by atoms with E-state index in [0.717, 1.165) is 37.5 Å². The summed E-state index contributed by atoms with van der Waals surface area (Å²) in [6.07, 6.45) is 5.91. The van der Waals surface area contributed by atoms with Crippen molar-refractivity contribution in [3.8, 4) is 0 Å². The zero-order chi connectivity index (χ0) is 16.9. The molecule has 0 bridgehead atoms. The van der Waals surface area contributed by atoms with Crippen molar-refractivity contribution in [2.45, 2.75) is 45.1 Å². The number of nitrogens with one attached hydrogen (secondary N) is 2. The number of rotatable bonds is 6. The lowest BCUT2D eigenvalue weighted by Crippen LogP contribution is -2.42. The standard InChI is InChI=1S/C19H27N3O2.ClH/c1-14-4-2-3-11-22(14)19(24)16-7-9-17(10-8-16)21-18(23)13-20-12-15-5-6-15;/h7-10,14-15,20H,2-6,11-13H2,1H3,(H,21,23);1H. The van der Waals surface area contributed by atoms with Gasteiger partial charge < -0.3 is 15.5 Å². The van der Waals surface area contributed by atoms with Gasteiger partial charge in [0.05, 0.1) is 6.54 Å². The normalized spacial score (nSPS) is 19.9. The van der Waals surface area contributed by atoms with E-state index in [4.69, 9.17) is 0 Å². The molecule has 1 heterocycles. The topological polar surface area (TPSA) is 61.4 Å². The second kappa shape index (κ2) is 9.20. The van der Waals surface area contributed by atoms with Gasteiger partial charge in [-0.1, -0.05) is 0 Å². The van der Waals surface area contributed by atoms with Crippen LogP contribution in [0, 0.1) is 5.92 Å². The summed E-state index contributed by atoms with van der Waals surface area (Å²) in [5, 5.41) is 6.04. The predicted octanol–water partition coefficient (Wildman–Crippen LogP) is 3.06. The van der Waals surface area contributed by atoms with Crippen LogP contribution in [0.25, 0.3) is 0 Å². The summed E-state index contributed by atoms with van der Waals surface area (Å²) in [6, 6.07) is 7.53. The van der Waals surface area contributed by atoms with Gasteiger partial charge in [0.15, 0.2) is 0 Å². The van der Waals surface area contributed by atoms with Gasteiger partial charge in [-0.05, 0) is 75.8 Å². The van der Waals surface area contributed by atoms with E-state index in [1.165, 1.54) is 19.3 Å². The number of benzene rings is 1. The van der Waals surface area contributed by atoms with Crippen LogP contribution in [0.2, 0.25) is 0 Å². The van der Waals surface area contributed by atoms with Crippen LogP contribution in [-0.2, 0) is 4.79 Å². The lowest BCUT2D eigenvalue weighted by molar-refractivity contribution is -0.115. The van der Waals surface area contributed by atoms with Gasteiger partial charge >= 0.3 is 0 Å². The minimum atomic E-state index is -0.0422. The molecule has 25 heavy (non-hydrogen) atoms. The van der Waals surface area contributed by atoms with E-state index in [-0.39, 0.29) is 24.2 Å².